The number of hydrogen-bond donors (Lipinski definition) is 3. The molecule has 1 amide bonds. The van der Waals surface area contributed by atoms with E-state index in [0.717, 1.165) is 38.5 Å². The number of carbonyl (C=O) groups excluding carboxylic acids is 2. The highest BCUT2D eigenvalue weighted by Gasteiger charge is 2.18. The van der Waals surface area contributed by atoms with E-state index in [1.807, 2.05) is 6.08 Å². The molecule has 0 rings (SSSR count). The molecule has 0 aromatic heterocycles. The number of aliphatic hydroxyl groups is 2. The van der Waals surface area contributed by atoms with Gasteiger partial charge in [0, 0.05) is 12.8 Å². The number of ether oxygens (including phenoxy) is 1. The maximum Gasteiger partial charge on any atom is 0.305 e. The maximum atomic E-state index is 12.6. The predicted molar refractivity (Wildman–Crippen MR) is 380 cm³/mol. The standard InChI is InChI=1S/C80H157NO5/c1-3-5-7-9-11-13-15-17-19-21-23-24-31-34-37-40-44-48-52-56-60-64-68-72-78(83)77(76-82)81-79(84)73-69-65-61-57-53-49-45-41-38-35-32-29-27-25-26-28-30-33-36-39-43-47-51-55-59-63-67-71-75-86-80(85)74-70-66-62-58-54-50-46-42-22-20-18-16-14-12-10-8-6-4-2/h68,72,77-78,82-83H,3-67,69-71,73-76H2,1-2H3,(H,81,84)/b72-68+. The van der Waals surface area contributed by atoms with Crippen molar-refractivity contribution in [2.45, 2.75) is 475 Å². The average molecular weight is 1210 g/mol. The summed E-state index contributed by atoms with van der Waals surface area (Å²) >= 11 is 0. The lowest BCUT2D eigenvalue weighted by Gasteiger charge is -2.20. The van der Waals surface area contributed by atoms with E-state index in [4.69, 9.17) is 4.74 Å². The molecule has 0 saturated heterocycles. The van der Waals surface area contributed by atoms with Gasteiger partial charge < -0.3 is 20.3 Å². The molecule has 0 fully saturated rings. The maximum absolute atomic E-state index is 12.6. The molecule has 2 unspecified atom stereocenters. The van der Waals surface area contributed by atoms with E-state index in [0.29, 0.717) is 19.4 Å². The zero-order valence-electron chi connectivity index (χ0n) is 58.8. The molecular formula is C80H157NO5. The summed E-state index contributed by atoms with van der Waals surface area (Å²) in [4.78, 5) is 24.7. The molecule has 0 aromatic rings. The Balaban J connectivity index is 3.35. The van der Waals surface area contributed by atoms with Crippen molar-refractivity contribution in [3.05, 3.63) is 12.2 Å². The predicted octanol–water partition coefficient (Wildman–Crippen LogP) is 26.3. The number of aliphatic hydroxyl groups excluding tert-OH is 2. The van der Waals surface area contributed by atoms with Gasteiger partial charge in [0.15, 0.2) is 0 Å². The Labute approximate surface area is 539 Å². The fourth-order valence-electron chi connectivity index (χ4n) is 13.0. The van der Waals surface area contributed by atoms with Crippen LogP contribution < -0.4 is 5.32 Å². The van der Waals surface area contributed by atoms with Crippen LogP contribution in [0.1, 0.15) is 463 Å². The molecule has 0 aliphatic heterocycles. The highest BCUT2D eigenvalue weighted by atomic mass is 16.5. The third kappa shape index (κ3) is 71.7. The minimum atomic E-state index is -0.843. The van der Waals surface area contributed by atoms with Gasteiger partial charge in [0.2, 0.25) is 5.91 Å². The Morgan fingerprint density at radius 3 is 0.791 bits per heavy atom. The molecule has 0 heterocycles. The van der Waals surface area contributed by atoms with E-state index in [-0.39, 0.29) is 18.5 Å². The van der Waals surface area contributed by atoms with Gasteiger partial charge in [0.1, 0.15) is 0 Å². The second-order valence-corrected chi connectivity index (χ2v) is 27.8. The van der Waals surface area contributed by atoms with Crippen LogP contribution >= 0.6 is 0 Å². The van der Waals surface area contributed by atoms with Crippen LogP contribution in [0, 0.1) is 0 Å². The molecule has 512 valence electrons. The van der Waals surface area contributed by atoms with Crippen LogP contribution in [0.5, 0.6) is 0 Å². The Kier molecular flexibility index (Phi) is 74.8. The molecule has 86 heavy (non-hydrogen) atoms. The van der Waals surface area contributed by atoms with Gasteiger partial charge >= 0.3 is 5.97 Å². The number of nitrogens with one attached hydrogen (secondary N) is 1. The largest absolute Gasteiger partial charge is 0.466 e. The van der Waals surface area contributed by atoms with Gasteiger partial charge in [0.05, 0.1) is 25.4 Å². The van der Waals surface area contributed by atoms with Crippen LogP contribution in [0.3, 0.4) is 0 Å². The van der Waals surface area contributed by atoms with Crippen molar-refractivity contribution in [3.8, 4) is 0 Å². The van der Waals surface area contributed by atoms with E-state index >= 15 is 0 Å². The Morgan fingerprint density at radius 2 is 0.535 bits per heavy atom. The third-order valence-electron chi connectivity index (χ3n) is 19.1. The molecule has 2 atom stereocenters. The zero-order valence-corrected chi connectivity index (χ0v) is 58.8. The molecule has 0 aliphatic rings. The highest BCUT2D eigenvalue weighted by Crippen LogP contribution is 2.20. The number of esters is 1. The van der Waals surface area contributed by atoms with Crippen LogP contribution in [0.25, 0.3) is 0 Å². The third-order valence-corrected chi connectivity index (χ3v) is 19.1. The zero-order chi connectivity index (χ0) is 62.0. The summed E-state index contributed by atoms with van der Waals surface area (Å²) in [5, 5.41) is 23.3. The van der Waals surface area contributed by atoms with Gasteiger partial charge in [-0.3, -0.25) is 9.59 Å². The summed E-state index contributed by atoms with van der Waals surface area (Å²) < 4.78 is 5.52. The van der Waals surface area contributed by atoms with E-state index in [1.165, 1.54) is 398 Å². The fraction of sp³-hybridized carbons (Fsp3) is 0.950. The molecular weight excluding hydrogens is 1050 g/mol. The molecule has 6 heteroatoms. The normalized spacial score (nSPS) is 12.5. The number of amides is 1. The number of allylic oxidation sites excluding steroid dienone is 1. The topological polar surface area (TPSA) is 95.9 Å². The summed E-state index contributed by atoms with van der Waals surface area (Å²) in [5.74, 6) is -0.0348. The summed E-state index contributed by atoms with van der Waals surface area (Å²) in [7, 11) is 0. The van der Waals surface area contributed by atoms with Crippen molar-refractivity contribution in [3.63, 3.8) is 0 Å². The van der Waals surface area contributed by atoms with Crippen LogP contribution in [0.15, 0.2) is 12.2 Å². The first-order chi connectivity index (χ1) is 42.5. The van der Waals surface area contributed by atoms with Gasteiger partial charge in [-0.15, -0.1) is 0 Å². The van der Waals surface area contributed by atoms with E-state index in [1.54, 1.807) is 6.08 Å². The van der Waals surface area contributed by atoms with Gasteiger partial charge in [-0.25, -0.2) is 0 Å². The molecule has 0 aromatic carbocycles. The van der Waals surface area contributed by atoms with Crippen molar-refractivity contribution < 1.29 is 24.5 Å². The molecule has 0 aliphatic carbocycles. The van der Waals surface area contributed by atoms with E-state index < -0.39 is 12.1 Å². The minimum absolute atomic E-state index is 0.0243. The molecule has 0 saturated carbocycles. The van der Waals surface area contributed by atoms with Crippen molar-refractivity contribution in [2.24, 2.45) is 0 Å². The van der Waals surface area contributed by atoms with E-state index in [2.05, 4.69) is 19.2 Å². The Hall–Kier alpha value is -1.40. The average Bonchev–Trinajstić information content (AvgIpc) is 3.55. The lowest BCUT2D eigenvalue weighted by atomic mass is 10.0. The summed E-state index contributed by atoms with van der Waals surface area (Å²) in [6.45, 7) is 4.97. The van der Waals surface area contributed by atoms with Crippen molar-refractivity contribution in [1.82, 2.24) is 5.32 Å². The number of unbranched alkanes of at least 4 members (excludes halogenated alkanes) is 65. The summed E-state index contributed by atoms with van der Waals surface area (Å²) in [6, 6.07) is -0.626. The first kappa shape index (κ1) is 84.6. The number of hydrogen-bond acceptors (Lipinski definition) is 5. The monoisotopic (exact) mass is 1210 g/mol. The summed E-state index contributed by atoms with van der Waals surface area (Å²) in [6.07, 6.45) is 96.2. The first-order valence-electron chi connectivity index (χ1n) is 40.0. The number of rotatable bonds is 76. The molecule has 0 bridgehead atoms. The second-order valence-electron chi connectivity index (χ2n) is 27.8. The SMILES string of the molecule is CCCCCCCCCCCCCCCCCCCCCCC/C=C/C(O)C(CO)NC(=O)CCCCCCCCCCCCCCCCCCCCCCCCCCCCCCOC(=O)CCCCCCCCCCCCCCCCCCCC. The van der Waals surface area contributed by atoms with Crippen molar-refractivity contribution >= 4 is 11.9 Å². The lowest BCUT2D eigenvalue weighted by molar-refractivity contribution is -0.143. The van der Waals surface area contributed by atoms with Gasteiger partial charge in [-0.05, 0) is 32.1 Å². The van der Waals surface area contributed by atoms with Crippen LogP contribution in [-0.2, 0) is 14.3 Å². The Bertz CT molecular complexity index is 1300. The van der Waals surface area contributed by atoms with Gasteiger partial charge in [-0.1, -0.05) is 431 Å². The van der Waals surface area contributed by atoms with Crippen molar-refractivity contribution in [2.75, 3.05) is 13.2 Å². The van der Waals surface area contributed by atoms with Crippen LogP contribution in [0.4, 0.5) is 0 Å². The molecule has 3 N–H and O–H groups in total. The lowest BCUT2D eigenvalue weighted by Crippen LogP contribution is -2.45. The van der Waals surface area contributed by atoms with Crippen LogP contribution in [-0.4, -0.2) is 47.4 Å². The van der Waals surface area contributed by atoms with Crippen LogP contribution in [0.2, 0.25) is 0 Å². The summed E-state index contributed by atoms with van der Waals surface area (Å²) in [5.41, 5.74) is 0. The smallest absolute Gasteiger partial charge is 0.305 e. The molecule has 0 radical (unpaired) electrons. The molecule has 6 nitrogen and oxygen atoms in total. The quantitative estimate of drug-likeness (QED) is 0.0320. The highest BCUT2D eigenvalue weighted by molar-refractivity contribution is 5.76. The van der Waals surface area contributed by atoms with Crippen molar-refractivity contribution in [1.29, 1.82) is 0 Å². The molecule has 0 spiro atoms. The second kappa shape index (κ2) is 76.1. The van der Waals surface area contributed by atoms with Gasteiger partial charge in [0.25, 0.3) is 0 Å². The fourth-order valence-corrected chi connectivity index (χ4v) is 13.0. The first-order valence-corrected chi connectivity index (χ1v) is 40.0. The Morgan fingerprint density at radius 1 is 0.314 bits per heavy atom. The number of carbonyl (C=O) groups is 2. The van der Waals surface area contributed by atoms with Gasteiger partial charge in [-0.2, -0.15) is 0 Å². The van der Waals surface area contributed by atoms with E-state index in [9.17, 15) is 19.8 Å². The minimum Gasteiger partial charge on any atom is -0.466 e.